The molecule has 0 saturated carbocycles. The van der Waals surface area contributed by atoms with Crippen LogP contribution in [0.2, 0.25) is 5.02 Å². The number of hydrogen-bond donors (Lipinski definition) is 1. The summed E-state index contributed by atoms with van der Waals surface area (Å²) in [6.07, 6.45) is 0.930. The largest absolute Gasteiger partial charge is 0.480 e. The van der Waals surface area contributed by atoms with Gasteiger partial charge in [-0.15, -0.1) is 0 Å². The Bertz CT molecular complexity index is 1350. The SMILES string of the molecule is Fc1ccccc1[C@@H]1C2=C(Nc3ncnn31)c1ccccc1O[C@@H]2c1ccccc1Cl. The van der Waals surface area contributed by atoms with Crippen molar-refractivity contribution in [3.8, 4) is 5.75 Å². The van der Waals surface area contributed by atoms with Crippen molar-refractivity contribution < 1.29 is 9.13 Å². The molecule has 0 saturated heterocycles. The number of benzene rings is 3. The van der Waals surface area contributed by atoms with Gasteiger partial charge < -0.3 is 10.1 Å². The number of halogens is 2. The molecule has 31 heavy (non-hydrogen) atoms. The van der Waals surface area contributed by atoms with E-state index < -0.39 is 12.1 Å². The van der Waals surface area contributed by atoms with Crippen molar-refractivity contribution >= 4 is 23.2 Å². The monoisotopic (exact) mass is 430 g/mol. The van der Waals surface area contributed by atoms with Crippen molar-refractivity contribution in [3.05, 3.63) is 112 Å². The van der Waals surface area contributed by atoms with Crippen LogP contribution in [-0.4, -0.2) is 14.8 Å². The fraction of sp³-hybridized carbons (Fsp3) is 0.0833. The average molecular weight is 431 g/mol. The normalized spacial score (nSPS) is 19.0. The van der Waals surface area contributed by atoms with Gasteiger partial charge in [0.05, 0.1) is 5.70 Å². The summed E-state index contributed by atoms with van der Waals surface area (Å²) in [5, 5.41) is 8.38. The minimum Gasteiger partial charge on any atom is -0.480 e. The van der Waals surface area contributed by atoms with Crippen molar-refractivity contribution in [2.45, 2.75) is 12.1 Å². The van der Waals surface area contributed by atoms with Crippen LogP contribution >= 0.6 is 11.6 Å². The van der Waals surface area contributed by atoms with Gasteiger partial charge in [-0.1, -0.05) is 60.1 Å². The van der Waals surface area contributed by atoms with Crippen molar-refractivity contribution in [2.75, 3.05) is 5.32 Å². The van der Waals surface area contributed by atoms with Crippen LogP contribution < -0.4 is 10.1 Å². The Balaban J connectivity index is 1.67. The molecule has 0 unspecified atom stereocenters. The molecule has 1 aromatic heterocycles. The quantitative estimate of drug-likeness (QED) is 0.447. The molecule has 1 N–H and O–H groups in total. The van der Waals surface area contributed by atoms with Crippen molar-refractivity contribution in [3.63, 3.8) is 0 Å². The number of rotatable bonds is 2. The standard InChI is InChI=1S/C24H16ClFN4O/c25-17-10-4-1-7-14(17)23-20-21(16-9-3-6-12-19(16)31-23)29-24-27-13-28-30(24)22(20)15-8-2-5-11-18(15)26/h1-13,22-23H,(H,27,28,29)/t22-,23-/m1/s1. The number of aromatic nitrogens is 3. The summed E-state index contributed by atoms with van der Waals surface area (Å²) in [7, 11) is 0. The molecular formula is C24H16ClFN4O. The van der Waals surface area contributed by atoms with E-state index >= 15 is 4.39 Å². The molecule has 7 heteroatoms. The van der Waals surface area contributed by atoms with Crippen LogP contribution in [0.25, 0.3) is 5.70 Å². The summed E-state index contributed by atoms with van der Waals surface area (Å²) in [5.41, 5.74) is 3.84. The van der Waals surface area contributed by atoms with Crippen LogP contribution in [0.4, 0.5) is 10.3 Å². The first-order chi connectivity index (χ1) is 15.2. The van der Waals surface area contributed by atoms with Crippen LogP contribution in [-0.2, 0) is 0 Å². The zero-order chi connectivity index (χ0) is 20.9. The Morgan fingerprint density at radius 3 is 2.52 bits per heavy atom. The molecule has 3 heterocycles. The fourth-order valence-electron chi connectivity index (χ4n) is 4.36. The number of para-hydroxylation sites is 1. The Labute approximate surface area is 182 Å². The molecule has 4 aromatic rings. The van der Waals surface area contributed by atoms with Crippen LogP contribution in [0.1, 0.15) is 28.8 Å². The van der Waals surface area contributed by atoms with E-state index in [9.17, 15) is 0 Å². The molecule has 0 aliphatic carbocycles. The lowest BCUT2D eigenvalue weighted by molar-refractivity contribution is 0.222. The summed E-state index contributed by atoms with van der Waals surface area (Å²) in [6.45, 7) is 0. The van der Waals surface area contributed by atoms with Crippen LogP contribution in [0.3, 0.4) is 0 Å². The molecule has 5 nitrogen and oxygen atoms in total. The van der Waals surface area contributed by atoms with E-state index in [0.717, 1.165) is 28.1 Å². The van der Waals surface area contributed by atoms with Gasteiger partial charge >= 0.3 is 0 Å². The number of nitrogens with zero attached hydrogens (tertiary/aromatic N) is 3. The van der Waals surface area contributed by atoms with Gasteiger partial charge in [0.2, 0.25) is 5.95 Å². The van der Waals surface area contributed by atoms with Crippen molar-refractivity contribution in [2.24, 2.45) is 0 Å². The first-order valence-electron chi connectivity index (χ1n) is 9.88. The highest BCUT2D eigenvalue weighted by atomic mass is 35.5. The molecule has 2 atom stereocenters. The lowest BCUT2D eigenvalue weighted by Gasteiger charge is -2.39. The maximum absolute atomic E-state index is 15.1. The van der Waals surface area contributed by atoms with E-state index in [1.165, 1.54) is 12.4 Å². The van der Waals surface area contributed by atoms with Crippen LogP contribution in [0.15, 0.2) is 84.7 Å². The third-order valence-electron chi connectivity index (χ3n) is 5.71. The minimum atomic E-state index is -0.551. The summed E-state index contributed by atoms with van der Waals surface area (Å²) >= 11 is 6.59. The fourth-order valence-corrected chi connectivity index (χ4v) is 4.59. The molecule has 6 rings (SSSR count). The van der Waals surface area contributed by atoms with Gasteiger partial charge in [0.25, 0.3) is 0 Å². The molecule has 0 spiro atoms. The Morgan fingerprint density at radius 1 is 0.935 bits per heavy atom. The molecule has 0 radical (unpaired) electrons. The highest BCUT2D eigenvalue weighted by Gasteiger charge is 2.42. The summed E-state index contributed by atoms with van der Waals surface area (Å²) in [5.74, 6) is 0.944. The highest BCUT2D eigenvalue weighted by molar-refractivity contribution is 6.31. The summed E-state index contributed by atoms with van der Waals surface area (Å²) < 4.78 is 23.2. The van der Waals surface area contributed by atoms with E-state index in [1.54, 1.807) is 16.8 Å². The van der Waals surface area contributed by atoms with Gasteiger partial charge in [0.15, 0.2) is 6.10 Å². The molecule has 152 valence electrons. The predicted octanol–water partition coefficient (Wildman–Crippen LogP) is 5.63. The first kappa shape index (κ1) is 18.2. The third kappa shape index (κ3) is 2.75. The lowest BCUT2D eigenvalue weighted by Crippen LogP contribution is -2.33. The first-order valence-corrected chi connectivity index (χ1v) is 10.3. The second-order valence-corrected chi connectivity index (χ2v) is 7.83. The lowest BCUT2D eigenvalue weighted by atomic mass is 9.84. The van der Waals surface area contributed by atoms with Gasteiger partial charge in [-0.05, 0) is 24.3 Å². The van der Waals surface area contributed by atoms with Gasteiger partial charge in [-0.25, -0.2) is 9.07 Å². The summed E-state index contributed by atoms with van der Waals surface area (Å²) in [4.78, 5) is 4.36. The highest BCUT2D eigenvalue weighted by Crippen LogP contribution is 2.51. The smallest absolute Gasteiger partial charge is 0.226 e. The molecule has 3 aromatic carbocycles. The topological polar surface area (TPSA) is 52.0 Å². The van der Waals surface area contributed by atoms with Crippen molar-refractivity contribution in [1.29, 1.82) is 0 Å². The van der Waals surface area contributed by atoms with E-state index in [4.69, 9.17) is 16.3 Å². The Hall–Kier alpha value is -3.64. The number of fused-ring (bicyclic) bond motifs is 3. The zero-order valence-electron chi connectivity index (χ0n) is 16.2. The van der Waals surface area contributed by atoms with Crippen LogP contribution in [0.5, 0.6) is 5.75 Å². The second kappa shape index (κ2) is 6.96. The number of hydrogen-bond acceptors (Lipinski definition) is 4. The molecule has 0 bridgehead atoms. The van der Waals surface area contributed by atoms with E-state index in [2.05, 4.69) is 15.4 Å². The van der Waals surface area contributed by atoms with Crippen molar-refractivity contribution in [1.82, 2.24) is 14.8 Å². The Morgan fingerprint density at radius 2 is 1.68 bits per heavy atom. The molecular weight excluding hydrogens is 415 g/mol. The number of nitrogens with one attached hydrogen (secondary N) is 1. The molecule has 2 aliphatic heterocycles. The summed E-state index contributed by atoms with van der Waals surface area (Å²) in [6, 6.07) is 21.5. The third-order valence-corrected chi connectivity index (χ3v) is 6.05. The van der Waals surface area contributed by atoms with E-state index in [1.807, 2.05) is 54.6 Å². The Kier molecular flexibility index (Phi) is 4.07. The zero-order valence-corrected chi connectivity index (χ0v) is 16.9. The number of anilines is 1. The number of ether oxygens (including phenoxy) is 1. The average Bonchev–Trinajstić information content (AvgIpc) is 3.26. The van der Waals surface area contributed by atoms with Crippen LogP contribution in [0, 0.1) is 5.82 Å². The molecule has 2 aliphatic rings. The van der Waals surface area contributed by atoms with Gasteiger partial charge in [-0.2, -0.15) is 10.1 Å². The molecule has 0 fully saturated rings. The maximum Gasteiger partial charge on any atom is 0.226 e. The minimum absolute atomic E-state index is 0.320. The van der Waals surface area contributed by atoms with Gasteiger partial charge in [0.1, 0.15) is 23.9 Å². The van der Waals surface area contributed by atoms with Gasteiger partial charge in [-0.3, -0.25) is 0 Å². The van der Waals surface area contributed by atoms with Gasteiger partial charge in [0, 0.05) is 27.3 Å². The molecule has 0 amide bonds. The maximum atomic E-state index is 15.1. The second-order valence-electron chi connectivity index (χ2n) is 7.42. The predicted molar refractivity (Wildman–Crippen MR) is 116 cm³/mol. The van der Waals surface area contributed by atoms with E-state index in [-0.39, 0.29) is 5.82 Å². The van der Waals surface area contributed by atoms with E-state index in [0.29, 0.717) is 16.5 Å².